The summed E-state index contributed by atoms with van der Waals surface area (Å²) in [5.41, 5.74) is 0. The number of hydrogen-bond donors (Lipinski definition) is 1. The molecule has 0 radical (unpaired) electrons. The van der Waals surface area contributed by atoms with Crippen molar-refractivity contribution in [2.75, 3.05) is 0 Å². The molecule has 9 heavy (non-hydrogen) atoms. The summed E-state index contributed by atoms with van der Waals surface area (Å²) in [6.45, 7) is 0. The second-order valence-electron chi connectivity index (χ2n) is 3.67. The maximum Gasteiger partial charge on any atom is 0.0545 e. The van der Waals surface area contributed by atoms with Crippen molar-refractivity contribution in [3.8, 4) is 0 Å². The highest BCUT2D eigenvalue weighted by Gasteiger charge is 2.32. The van der Waals surface area contributed by atoms with Crippen LogP contribution < -0.4 is 0 Å². The van der Waals surface area contributed by atoms with E-state index in [-0.39, 0.29) is 6.10 Å². The van der Waals surface area contributed by atoms with Crippen molar-refractivity contribution in [3.63, 3.8) is 0 Å². The van der Waals surface area contributed by atoms with Gasteiger partial charge in [0.1, 0.15) is 0 Å². The molecule has 2 aliphatic rings. The van der Waals surface area contributed by atoms with E-state index in [1.54, 1.807) is 0 Å². The molecule has 52 valence electrons. The number of fused-ring (bicyclic) bond motifs is 2. The lowest BCUT2D eigenvalue weighted by Crippen LogP contribution is -2.19. The van der Waals surface area contributed by atoms with Crippen LogP contribution in [0.2, 0.25) is 0 Å². The van der Waals surface area contributed by atoms with Crippen molar-refractivity contribution in [2.24, 2.45) is 11.8 Å². The molecule has 0 amide bonds. The Morgan fingerprint density at radius 1 is 0.889 bits per heavy atom. The van der Waals surface area contributed by atoms with Crippen molar-refractivity contribution in [1.29, 1.82) is 0 Å². The molecule has 0 aromatic carbocycles. The molecule has 0 aliphatic heterocycles. The Bertz CT molecular complexity index is 99.1. The fourth-order valence-corrected chi connectivity index (χ4v) is 2.47. The summed E-state index contributed by atoms with van der Waals surface area (Å²) in [5, 5.41) is 9.29. The topological polar surface area (TPSA) is 20.2 Å². The number of rotatable bonds is 0. The number of aliphatic hydroxyl groups is 1. The Kier molecular flexibility index (Phi) is 1.26. The van der Waals surface area contributed by atoms with Crippen LogP contribution in [-0.4, -0.2) is 11.2 Å². The van der Waals surface area contributed by atoms with E-state index in [1.165, 1.54) is 19.3 Å². The number of hydrogen-bond acceptors (Lipinski definition) is 1. The fraction of sp³-hybridized carbons (Fsp3) is 1.00. The third-order valence-corrected chi connectivity index (χ3v) is 2.86. The molecule has 0 spiro atoms. The smallest absolute Gasteiger partial charge is 0.0545 e. The van der Waals surface area contributed by atoms with Crippen molar-refractivity contribution in [2.45, 2.75) is 38.2 Å². The van der Waals surface area contributed by atoms with E-state index in [0.717, 1.165) is 24.7 Å². The van der Waals surface area contributed by atoms with E-state index in [0.29, 0.717) is 0 Å². The van der Waals surface area contributed by atoms with Crippen LogP contribution in [0.3, 0.4) is 0 Å². The van der Waals surface area contributed by atoms with Crippen molar-refractivity contribution < 1.29 is 5.11 Å². The molecule has 1 N–H and O–H groups in total. The predicted octanol–water partition coefficient (Wildman–Crippen LogP) is 1.56. The molecule has 0 aromatic rings. The van der Waals surface area contributed by atoms with Crippen molar-refractivity contribution in [1.82, 2.24) is 0 Å². The zero-order valence-electron chi connectivity index (χ0n) is 5.71. The minimum atomic E-state index is 0.0521. The first kappa shape index (κ1) is 5.72. The van der Waals surface area contributed by atoms with Gasteiger partial charge in [0.25, 0.3) is 0 Å². The zero-order valence-corrected chi connectivity index (χ0v) is 5.71. The van der Waals surface area contributed by atoms with Gasteiger partial charge in [-0.25, -0.2) is 0 Å². The molecule has 1 heteroatoms. The summed E-state index contributed by atoms with van der Waals surface area (Å²) in [5.74, 6) is 1.78. The maximum atomic E-state index is 9.29. The summed E-state index contributed by atoms with van der Waals surface area (Å²) in [6, 6.07) is 0. The normalized spacial score (nSPS) is 49.7. The van der Waals surface area contributed by atoms with Crippen LogP contribution >= 0.6 is 0 Å². The lowest BCUT2D eigenvalue weighted by atomic mass is 9.87. The van der Waals surface area contributed by atoms with Crippen LogP contribution in [0.4, 0.5) is 0 Å². The van der Waals surface area contributed by atoms with Crippen LogP contribution in [-0.2, 0) is 0 Å². The molecule has 0 saturated heterocycles. The Morgan fingerprint density at radius 2 is 1.44 bits per heavy atom. The van der Waals surface area contributed by atoms with Gasteiger partial charge in [-0.05, 0) is 31.1 Å². The van der Waals surface area contributed by atoms with Gasteiger partial charge in [0.05, 0.1) is 6.10 Å². The molecular formula is C8H14O. The van der Waals surface area contributed by atoms with E-state index in [4.69, 9.17) is 0 Å². The van der Waals surface area contributed by atoms with Gasteiger partial charge in [-0.15, -0.1) is 0 Å². The van der Waals surface area contributed by atoms with Gasteiger partial charge >= 0.3 is 0 Å². The zero-order chi connectivity index (χ0) is 6.27. The molecular weight excluding hydrogens is 112 g/mol. The first-order valence-electron chi connectivity index (χ1n) is 4.02. The van der Waals surface area contributed by atoms with Gasteiger partial charge in [0.2, 0.25) is 0 Å². The predicted molar refractivity (Wildman–Crippen MR) is 36.1 cm³/mol. The standard InChI is InChI=1S/C8H14O/c9-8-4-6-1-2-7(3-6)5-8/h6-9H,1-5H2/t6-,7+,8?. The molecule has 3 atom stereocenters. The SMILES string of the molecule is OC1C[C@H]2CC[C@@H](C1)C2. The van der Waals surface area contributed by atoms with Gasteiger partial charge in [-0.3, -0.25) is 0 Å². The highest BCUT2D eigenvalue weighted by Crippen LogP contribution is 2.41. The molecule has 0 heterocycles. The van der Waals surface area contributed by atoms with Gasteiger partial charge < -0.3 is 5.11 Å². The van der Waals surface area contributed by atoms with Crippen LogP contribution in [0, 0.1) is 11.8 Å². The molecule has 1 unspecified atom stereocenters. The first-order chi connectivity index (χ1) is 4.34. The van der Waals surface area contributed by atoms with Crippen molar-refractivity contribution >= 4 is 0 Å². The van der Waals surface area contributed by atoms with E-state index >= 15 is 0 Å². The minimum Gasteiger partial charge on any atom is -0.393 e. The Balaban J connectivity index is 2.03. The molecule has 2 aliphatic carbocycles. The second kappa shape index (κ2) is 1.98. The average Bonchev–Trinajstić information content (AvgIpc) is 2.11. The van der Waals surface area contributed by atoms with Crippen LogP contribution in [0.1, 0.15) is 32.1 Å². The molecule has 2 rings (SSSR count). The Hall–Kier alpha value is -0.0400. The Morgan fingerprint density at radius 3 is 2.00 bits per heavy atom. The highest BCUT2D eigenvalue weighted by atomic mass is 16.3. The molecule has 2 saturated carbocycles. The van der Waals surface area contributed by atoms with E-state index in [1.807, 2.05) is 0 Å². The van der Waals surface area contributed by atoms with E-state index in [2.05, 4.69) is 0 Å². The summed E-state index contributed by atoms with van der Waals surface area (Å²) in [7, 11) is 0. The van der Waals surface area contributed by atoms with E-state index in [9.17, 15) is 5.11 Å². The Labute approximate surface area is 56.1 Å². The molecule has 2 fully saturated rings. The van der Waals surface area contributed by atoms with Crippen LogP contribution in [0.5, 0.6) is 0 Å². The van der Waals surface area contributed by atoms with Gasteiger partial charge in [0.15, 0.2) is 0 Å². The lowest BCUT2D eigenvalue weighted by Gasteiger charge is -2.22. The summed E-state index contributed by atoms with van der Waals surface area (Å²) < 4.78 is 0. The molecule has 0 aromatic heterocycles. The van der Waals surface area contributed by atoms with Gasteiger partial charge in [0, 0.05) is 0 Å². The number of aliphatic hydroxyl groups excluding tert-OH is 1. The third kappa shape index (κ3) is 0.983. The summed E-state index contributed by atoms with van der Waals surface area (Å²) in [6.07, 6.45) is 6.43. The minimum absolute atomic E-state index is 0.0521. The maximum absolute atomic E-state index is 9.29. The largest absolute Gasteiger partial charge is 0.393 e. The highest BCUT2D eigenvalue weighted by molar-refractivity contribution is 4.84. The summed E-state index contributed by atoms with van der Waals surface area (Å²) >= 11 is 0. The third-order valence-electron chi connectivity index (χ3n) is 2.86. The molecule has 1 nitrogen and oxygen atoms in total. The fourth-order valence-electron chi connectivity index (χ4n) is 2.47. The van der Waals surface area contributed by atoms with E-state index < -0.39 is 0 Å². The first-order valence-corrected chi connectivity index (χ1v) is 4.02. The van der Waals surface area contributed by atoms with Crippen LogP contribution in [0.25, 0.3) is 0 Å². The second-order valence-corrected chi connectivity index (χ2v) is 3.67. The van der Waals surface area contributed by atoms with Crippen molar-refractivity contribution in [3.05, 3.63) is 0 Å². The molecule has 2 bridgehead atoms. The monoisotopic (exact) mass is 126 g/mol. The van der Waals surface area contributed by atoms with Crippen LogP contribution in [0.15, 0.2) is 0 Å². The quantitative estimate of drug-likeness (QED) is 0.522. The van der Waals surface area contributed by atoms with Gasteiger partial charge in [-0.2, -0.15) is 0 Å². The average molecular weight is 126 g/mol. The lowest BCUT2D eigenvalue weighted by molar-refractivity contribution is 0.0965. The van der Waals surface area contributed by atoms with Gasteiger partial charge in [-0.1, -0.05) is 12.8 Å². The summed E-state index contributed by atoms with van der Waals surface area (Å²) in [4.78, 5) is 0.